The van der Waals surface area contributed by atoms with Crippen LogP contribution < -0.4 is 21.4 Å². The number of aromatic nitrogens is 4. The zero-order valence-corrected chi connectivity index (χ0v) is 30.3. The van der Waals surface area contributed by atoms with E-state index in [4.69, 9.17) is 15.2 Å². The number of nitrogens with zero attached hydrogens (tertiary/aromatic N) is 7. The maximum Gasteiger partial charge on any atom is 0.247 e. The van der Waals surface area contributed by atoms with Crippen molar-refractivity contribution in [3.8, 4) is 34.0 Å². The second kappa shape index (κ2) is 13.7. The molecule has 7 nitrogen and oxygen atoms in total. The number of pyridine rings is 1. The molecule has 0 unspecified atom stereocenters. The van der Waals surface area contributed by atoms with Crippen molar-refractivity contribution in [3.63, 3.8) is 0 Å². The smallest absolute Gasteiger partial charge is 0.247 e. The van der Waals surface area contributed by atoms with Gasteiger partial charge < -0.3 is 4.90 Å². The molecule has 0 fully saturated rings. The Morgan fingerprint density at radius 3 is 1.98 bits per heavy atom. The van der Waals surface area contributed by atoms with Crippen LogP contribution in [0.2, 0.25) is 0 Å². The van der Waals surface area contributed by atoms with E-state index in [0.717, 1.165) is 67.1 Å². The van der Waals surface area contributed by atoms with Crippen LogP contribution in [0.4, 0.5) is 5.69 Å². The third kappa shape index (κ3) is 5.76. The Labute approximate surface area is 320 Å². The third-order valence-corrected chi connectivity index (χ3v) is 10.5. The Balaban J connectivity index is 1.31. The zero-order valence-electron chi connectivity index (χ0n) is 30.3. The van der Waals surface area contributed by atoms with Crippen LogP contribution in [-0.4, -0.2) is 51.0 Å². The van der Waals surface area contributed by atoms with Crippen LogP contribution in [0.3, 0.4) is 0 Å². The van der Waals surface area contributed by atoms with Crippen molar-refractivity contribution in [2.75, 3.05) is 18.7 Å². The Morgan fingerprint density at radius 1 is 0.564 bits per heavy atom. The van der Waals surface area contributed by atoms with E-state index in [1.165, 1.54) is 10.8 Å². The van der Waals surface area contributed by atoms with Crippen molar-refractivity contribution >= 4 is 56.9 Å². The molecule has 3 aromatic heterocycles. The molecule has 262 valence electrons. The fraction of sp³-hybridized carbons (Fsp3) is 0.0426. The minimum absolute atomic E-state index is 0.230. The lowest BCUT2D eigenvalue weighted by atomic mass is 9.36. The summed E-state index contributed by atoms with van der Waals surface area (Å²) in [6.07, 6.45) is 3.74. The maximum absolute atomic E-state index is 5.53. The maximum atomic E-state index is 5.53. The summed E-state index contributed by atoms with van der Waals surface area (Å²) in [6, 6.07) is 62.2. The van der Waals surface area contributed by atoms with E-state index in [9.17, 15) is 0 Å². The lowest BCUT2D eigenvalue weighted by Crippen LogP contribution is -2.53. The van der Waals surface area contributed by atoms with E-state index in [-0.39, 0.29) is 6.71 Å². The van der Waals surface area contributed by atoms with Crippen molar-refractivity contribution in [1.29, 1.82) is 0 Å². The molecule has 0 radical (unpaired) electrons. The van der Waals surface area contributed by atoms with Gasteiger partial charge in [-0.15, -0.1) is 0 Å². The minimum atomic E-state index is -0.230. The van der Waals surface area contributed by atoms with Gasteiger partial charge in [0.15, 0.2) is 0 Å². The SMILES string of the molecule is CN1C=NN(c2cccc(B(c3ccc4c5ccccc5n(-c5ccccn5)c4c3)c3c(-c4ccccc4)nn(-c4ccccc4)c3-c3ccccc3)c2)C1. The highest BCUT2D eigenvalue weighted by molar-refractivity contribution is 6.97. The number of fused-ring (bicyclic) bond motifs is 3. The van der Waals surface area contributed by atoms with Crippen LogP contribution in [0.1, 0.15) is 0 Å². The van der Waals surface area contributed by atoms with E-state index in [1.54, 1.807) is 0 Å². The molecule has 0 bridgehead atoms. The van der Waals surface area contributed by atoms with Crippen molar-refractivity contribution in [3.05, 3.63) is 182 Å². The van der Waals surface area contributed by atoms with Gasteiger partial charge in [0.1, 0.15) is 18.8 Å². The summed E-state index contributed by atoms with van der Waals surface area (Å²) in [4.78, 5) is 6.93. The third-order valence-electron chi connectivity index (χ3n) is 10.5. The molecule has 0 aliphatic carbocycles. The molecule has 0 amide bonds. The molecular weight excluding hydrogens is 673 g/mol. The quantitative estimate of drug-likeness (QED) is 0.151. The number of para-hydroxylation sites is 2. The first-order valence-corrected chi connectivity index (χ1v) is 18.6. The average molecular weight is 710 g/mol. The highest BCUT2D eigenvalue weighted by Crippen LogP contribution is 2.32. The second-order valence-corrected chi connectivity index (χ2v) is 14.0. The Morgan fingerprint density at radius 2 is 1.24 bits per heavy atom. The number of hydrogen-bond donors (Lipinski definition) is 0. The standard InChI is InChI=1S/C47H36BN7/c1-52-32-50-53(33-52)39-23-15-20-36(30-39)48(37-27-28-41-40-24-11-12-25-42(40)54(43(41)31-37)44-26-13-14-29-49-44)45-46(34-16-5-2-6-17-34)51-55(38-21-9-4-10-22-38)47(45)35-18-7-3-8-19-35/h2-32H,33H2,1H3. The van der Waals surface area contributed by atoms with Crippen LogP contribution in [-0.2, 0) is 0 Å². The van der Waals surface area contributed by atoms with Gasteiger partial charge in [-0.05, 0) is 59.6 Å². The second-order valence-electron chi connectivity index (χ2n) is 14.0. The largest absolute Gasteiger partial charge is 0.345 e. The van der Waals surface area contributed by atoms with Crippen molar-refractivity contribution < 1.29 is 0 Å². The topological polar surface area (TPSA) is 54.5 Å². The van der Waals surface area contributed by atoms with Gasteiger partial charge in [-0.1, -0.05) is 138 Å². The van der Waals surface area contributed by atoms with Crippen LogP contribution in [0.25, 0.3) is 55.8 Å². The summed E-state index contributed by atoms with van der Waals surface area (Å²) in [7, 11) is 2.04. The van der Waals surface area contributed by atoms with Gasteiger partial charge in [0.2, 0.25) is 6.71 Å². The molecule has 1 aliphatic rings. The normalized spacial score (nSPS) is 12.6. The average Bonchev–Trinajstić information content (AvgIpc) is 3.96. The van der Waals surface area contributed by atoms with Gasteiger partial charge in [-0.2, -0.15) is 10.2 Å². The van der Waals surface area contributed by atoms with E-state index < -0.39 is 0 Å². The Bertz CT molecular complexity index is 2810. The van der Waals surface area contributed by atoms with E-state index in [2.05, 4.69) is 184 Å². The molecule has 8 heteroatoms. The lowest BCUT2D eigenvalue weighted by Gasteiger charge is -2.22. The monoisotopic (exact) mass is 709 g/mol. The Kier molecular flexibility index (Phi) is 8.06. The van der Waals surface area contributed by atoms with Gasteiger partial charge in [0, 0.05) is 29.6 Å². The highest BCUT2D eigenvalue weighted by atomic mass is 15.6. The van der Waals surface area contributed by atoms with Crippen molar-refractivity contribution in [1.82, 2.24) is 24.2 Å². The van der Waals surface area contributed by atoms with E-state index in [0.29, 0.717) is 6.67 Å². The van der Waals surface area contributed by atoms with Crippen LogP contribution in [0.15, 0.2) is 187 Å². The fourth-order valence-corrected chi connectivity index (χ4v) is 8.02. The summed E-state index contributed by atoms with van der Waals surface area (Å²) >= 11 is 0. The van der Waals surface area contributed by atoms with Gasteiger partial charge >= 0.3 is 0 Å². The van der Waals surface area contributed by atoms with Gasteiger partial charge in [0.25, 0.3) is 0 Å². The van der Waals surface area contributed by atoms with Gasteiger partial charge in [0.05, 0.1) is 33.8 Å². The number of hydrogen-bond acceptors (Lipinski definition) is 5. The summed E-state index contributed by atoms with van der Waals surface area (Å²) in [5.41, 5.74) is 11.8. The van der Waals surface area contributed by atoms with Crippen molar-refractivity contribution in [2.24, 2.45) is 5.10 Å². The van der Waals surface area contributed by atoms with Crippen LogP contribution in [0, 0.1) is 0 Å². The summed E-state index contributed by atoms with van der Waals surface area (Å²) in [6.45, 7) is 0.451. The number of rotatable bonds is 8. The summed E-state index contributed by atoms with van der Waals surface area (Å²) < 4.78 is 4.42. The molecule has 0 spiro atoms. The Hall–Kier alpha value is -7.19. The zero-order chi connectivity index (χ0) is 36.7. The predicted octanol–water partition coefficient (Wildman–Crippen LogP) is 7.87. The lowest BCUT2D eigenvalue weighted by molar-refractivity contribution is 0.549. The summed E-state index contributed by atoms with van der Waals surface area (Å²) in [5, 5.41) is 14.7. The number of anilines is 1. The van der Waals surface area contributed by atoms with Gasteiger partial charge in [-0.3, -0.25) is 4.57 Å². The molecule has 1 aliphatic heterocycles. The van der Waals surface area contributed by atoms with Crippen LogP contribution >= 0.6 is 0 Å². The number of hydrazone groups is 1. The molecule has 0 atom stereocenters. The van der Waals surface area contributed by atoms with Crippen molar-refractivity contribution in [2.45, 2.75) is 0 Å². The van der Waals surface area contributed by atoms with Gasteiger partial charge in [-0.25, -0.2) is 14.7 Å². The highest BCUT2D eigenvalue weighted by Gasteiger charge is 2.34. The van der Waals surface area contributed by atoms with E-state index >= 15 is 0 Å². The molecule has 0 N–H and O–H groups in total. The molecule has 55 heavy (non-hydrogen) atoms. The minimum Gasteiger partial charge on any atom is -0.345 e. The fourth-order valence-electron chi connectivity index (χ4n) is 8.02. The molecule has 9 aromatic rings. The predicted molar refractivity (Wildman–Crippen MR) is 228 cm³/mol. The first-order chi connectivity index (χ1) is 27.2. The molecule has 10 rings (SSSR count). The van der Waals surface area contributed by atoms with Crippen LogP contribution in [0.5, 0.6) is 0 Å². The van der Waals surface area contributed by atoms with E-state index in [1.807, 2.05) is 30.7 Å². The first-order valence-electron chi connectivity index (χ1n) is 18.6. The molecule has 6 aromatic carbocycles. The molecule has 0 saturated heterocycles. The summed E-state index contributed by atoms with van der Waals surface area (Å²) in [5.74, 6) is 0.882. The number of benzene rings is 6. The molecular formula is C47H36BN7. The molecule has 4 heterocycles. The first kappa shape index (κ1) is 32.5. The molecule has 0 saturated carbocycles.